The summed E-state index contributed by atoms with van der Waals surface area (Å²) in [5, 5.41) is 4.33. The summed E-state index contributed by atoms with van der Waals surface area (Å²) in [7, 11) is 0. The molecular formula is C18H34N3O3Y-. The van der Waals surface area contributed by atoms with E-state index in [4.69, 9.17) is 9.47 Å². The van der Waals surface area contributed by atoms with Gasteiger partial charge in [0, 0.05) is 52.3 Å². The number of ether oxygens (including phenoxy) is 2. The van der Waals surface area contributed by atoms with E-state index in [0.717, 1.165) is 77.1 Å². The van der Waals surface area contributed by atoms with E-state index in [1.807, 2.05) is 4.90 Å². The van der Waals surface area contributed by atoms with E-state index in [1.165, 1.54) is 0 Å². The van der Waals surface area contributed by atoms with Crippen molar-refractivity contribution in [1.82, 2.24) is 9.80 Å². The number of hydrogen-bond acceptors (Lipinski definition) is 4. The zero-order valence-electron chi connectivity index (χ0n) is 16.0. The fourth-order valence-corrected chi connectivity index (χ4v) is 3.35. The van der Waals surface area contributed by atoms with Gasteiger partial charge in [0.25, 0.3) is 0 Å². The van der Waals surface area contributed by atoms with Crippen LogP contribution in [0.25, 0.3) is 5.32 Å². The molecule has 0 aromatic heterocycles. The molecule has 0 unspecified atom stereocenters. The Balaban J connectivity index is 0.00000312. The first kappa shape index (κ1) is 23.5. The van der Waals surface area contributed by atoms with E-state index in [1.54, 1.807) is 0 Å². The Morgan fingerprint density at radius 2 is 1.68 bits per heavy atom. The first-order valence-corrected chi connectivity index (χ1v) is 9.45. The summed E-state index contributed by atoms with van der Waals surface area (Å²) in [6, 6.07) is 0. The van der Waals surface area contributed by atoms with Crippen LogP contribution in [0.1, 0.15) is 26.7 Å². The van der Waals surface area contributed by atoms with Gasteiger partial charge in [-0.3, -0.25) is 4.79 Å². The van der Waals surface area contributed by atoms with Crippen LogP contribution in [0.5, 0.6) is 0 Å². The maximum Gasteiger partial charge on any atom is 0.248 e. The van der Waals surface area contributed by atoms with Gasteiger partial charge in [-0.2, -0.15) is 0 Å². The van der Waals surface area contributed by atoms with Crippen LogP contribution in [0.4, 0.5) is 0 Å². The first-order valence-electron chi connectivity index (χ1n) is 9.45. The molecule has 1 amide bonds. The van der Waals surface area contributed by atoms with Crippen LogP contribution in [0.15, 0.2) is 0 Å². The molecule has 2 saturated heterocycles. The van der Waals surface area contributed by atoms with Crippen molar-refractivity contribution in [2.75, 3.05) is 72.2 Å². The maximum absolute atomic E-state index is 12.1. The van der Waals surface area contributed by atoms with E-state index in [-0.39, 0.29) is 45.2 Å². The van der Waals surface area contributed by atoms with Crippen molar-refractivity contribution in [3.63, 3.8) is 0 Å². The molecule has 0 bridgehead atoms. The third-order valence-corrected chi connectivity index (χ3v) is 5.13. The quantitative estimate of drug-likeness (QED) is 0.523. The van der Waals surface area contributed by atoms with E-state index in [2.05, 4.69) is 24.1 Å². The molecule has 0 spiro atoms. The van der Waals surface area contributed by atoms with Crippen LogP contribution in [0, 0.1) is 11.8 Å². The molecule has 7 heteroatoms. The Labute approximate surface area is 178 Å². The molecule has 0 N–H and O–H groups in total. The molecule has 2 rings (SSSR count). The van der Waals surface area contributed by atoms with Gasteiger partial charge < -0.3 is 24.6 Å². The monoisotopic (exact) mass is 429 g/mol. The molecule has 25 heavy (non-hydrogen) atoms. The van der Waals surface area contributed by atoms with Crippen molar-refractivity contribution < 1.29 is 47.0 Å². The van der Waals surface area contributed by atoms with Gasteiger partial charge in [-0.25, -0.2) is 0 Å². The standard InChI is InChI=1S/C18H34N3O3.Y/c1-16(2)17-3-7-21(8-4-17)18(22)15-24-14-13-23-12-11-20-9-5-19-6-10-20;/h16-17H,3-15H2,1-2H3;/q-1;. The third kappa shape index (κ3) is 9.25. The summed E-state index contributed by atoms with van der Waals surface area (Å²) in [5.74, 6) is 1.60. The van der Waals surface area contributed by atoms with E-state index < -0.39 is 0 Å². The predicted octanol–water partition coefficient (Wildman–Crippen LogP) is 1.60. The predicted molar refractivity (Wildman–Crippen MR) is 95.3 cm³/mol. The van der Waals surface area contributed by atoms with Crippen molar-refractivity contribution in [2.24, 2.45) is 11.8 Å². The second kappa shape index (κ2) is 13.6. The molecular weight excluding hydrogens is 395 g/mol. The average Bonchev–Trinajstić information content (AvgIpc) is 2.61. The van der Waals surface area contributed by atoms with Gasteiger partial charge in [-0.05, 0) is 37.8 Å². The molecule has 0 aromatic rings. The SMILES string of the molecule is CC(C)C1CCN(C(=O)COCCOCCN2CC[N-]CC2)CC1.[Y]. The van der Waals surface area contributed by atoms with Crippen LogP contribution >= 0.6 is 0 Å². The fraction of sp³-hybridized carbons (Fsp3) is 0.944. The van der Waals surface area contributed by atoms with E-state index in [9.17, 15) is 4.79 Å². The topological polar surface area (TPSA) is 56.1 Å². The zero-order chi connectivity index (χ0) is 17.2. The molecule has 6 nitrogen and oxygen atoms in total. The number of hydrogen-bond donors (Lipinski definition) is 0. The molecule has 0 aromatic carbocycles. The Morgan fingerprint density at radius 1 is 1.04 bits per heavy atom. The van der Waals surface area contributed by atoms with E-state index >= 15 is 0 Å². The number of amides is 1. The van der Waals surface area contributed by atoms with Gasteiger partial charge in [-0.15, -0.1) is 13.1 Å². The number of piperazine rings is 1. The van der Waals surface area contributed by atoms with Crippen molar-refractivity contribution >= 4 is 5.91 Å². The molecule has 0 aliphatic carbocycles. The van der Waals surface area contributed by atoms with Gasteiger partial charge in [0.2, 0.25) is 5.91 Å². The Kier molecular flexibility index (Phi) is 12.7. The molecule has 0 atom stereocenters. The second-order valence-electron chi connectivity index (χ2n) is 7.14. The van der Waals surface area contributed by atoms with Crippen LogP contribution in [-0.4, -0.2) is 87.9 Å². The minimum atomic E-state index is 0. The molecule has 143 valence electrons. The van der Waals surface area contributed by atoms with Crippen molar-refractivity contribution in [3.8, 4) is 0 Å². The van der Waals surface area contributed by atoms with Crippen LogP contribution in [0.3, 0.4) is 0 Å². The van der Waals surface area contributed by atoms with Gasteiger partial charge in [0.05, 0.1) is 19.8 Å². The molecule has 2 aliphatic rings. The number of rotatable bonds is 9. The molecule has 2 aliphatic heterocycles. The summed E-state index contributed by atoms with van der Waals surface area (Å²) in [6.45, 7) is 13.2. The Hall–Kier alpha value is 0.414. The number of nitrogens with zero attached hydrogens (tertiary/aromatic N) is 3. The van der Waals surface area contributed by atoms with Gasteiger partial charge in [0.15, 0.2) is 0 Å². The van der Waals surface area contributed by atoms with Crippen LogP contribution in [0.2, 0.25) is 0 Å². The molecule has 1 radical (unpaired) electrons. The zero-order valence-corrected chi connectivity index (χ0v) is 18.8. The van der Waals surface area contributed by atoms with Crippen LogP contribution in [-0.2, 0) is 47.0 Å². The van der Waals surface area contributed by atoms with E-state index in [0.29, 0.717) is 13.2 Å². The van der Waals surface area contributed by atoms with Crippen molar-refractivity contribution in [3.05, 3.63) is 5.32 Å². The Bertz CT molecular complexity index is 357. The van der Waals surface area contributed by atoms with Gasteiger partial charge in [0.1, 0.15) is 6.61 Å². The minimum absolute atomic E-state index is 0. The number of likely N-dealkylation sites (tertiary alicyclic amines) is 1. The summed E-state index contributed by atoms with van der Waals surface area (Å²) in [5.41, 5.74) is 0. The number of piperidine rings is 1. The van der Waals surface area contributed by atoms with Crippen molar-refractivity contribution in [1.29, 1.82) is 0 Å². The largest absolute Gasteiger partial charge is 0.660 e. The fourth-order valence-electron chi connectivity index (χ4n) is 3.35. The normalized spacial score (nSPS) is 19.9. The number of carbonyl (C=O) groups is 1. The molecule has 2 heterocycles. The van der Waals surface area contributed by atoms with Gasteiger partial charge in [-0.1, -0.05) is 13.8 Å². The van der Waals surface area contributed by atoms with Crippen LogP contribution < -0.4 is 0 Å². The maximum atomic E-state index is 12.1. The second-order valence-corrected chi connectivity index (χ2v) is 7.14. The van der Waals surface area contributed by atoms with Crippen molar-refractivity contribution in [2.45, 2.75) is 26.7 Å². The first-order chi connectivity index (χ1) is 11.7. The molecule has 2 fully saturated rings. The third-order valence-electron chi connectivity index (χ3n) is 5.13. The smallest absolute Gasteiger partial charge is 0.248 e. The Morgan fingerprint density at radius 3 is 2.32 bits per heavy atom. The van der Waals surface area contributed by atoms with Gasteiger partial charge >= 0.3 is 0 Å². The number of carbonyl (C=O) groups excluding carboxylic acids is 1. The summed E-state index contributed by atoms with van der Waals surface area (Å²) in [6.07, 6.45) is 2.24. The minimum Gasteiger partial charge on any atom is -0.660 e. The summed E-state index contributed by atoms with van der Waals surface area (Å²) < 4.78 is 11.1. The summed E-state index contributed by atoms with van der Waals surface area (Å²) in [4.78, 5) is 16.4. The average molecular weight is 429 g/mol. The molecule has 0 saturated carbocycles. The summed E-state index contributed by atoms with van der Waals surface area (Å²) >= 11 is 0.